The number of rotatable bonds is 10. The Morgan fingerprint density at radius 1 is 1.03 bits per heavy atom. The van der Waals surface area contributed by atoms with Gasteiger partial charge in [0.1, 0.15) is 5.82 Å². The molecule has 1 fully saturated rings. The maximum atomic E-state index is 11.9. The Morgan fingerprint density at radius 2 is 1.64 bits per heavy atom. The van der Waals surface area contributed by atoms with Crippen molar-refractivity contribution in [2.75, 3.05) is 13.1 Å². The first-order chi connectivity index (χ1) is 16.2. The number of allylic oxidation sites excluding steroid dienone is 1. The van der Waals surface area contributed by atoms with E-state index in [1.165, 1.54) is 30.0 Å². The van der Waals surface area contributed by atoms with Crippen LogP contribution in [-0.4, -0.2) is 38.4 Å². The van der Waals surface area contributed by atoms with Crippen LogP contribution in [0.4, 0.5) is 0 Å². The third-order valence-corrected chi connectivity index (χ3v) is 6.30. The predicted molar refractivity (Wildman–Crippen MR) is 132 cm³/mol. The van der Waals surface area contributed by atoms with Crippen molar-refractivity contribution >= 4 is 11.9 Å². The number of carbonyl (C=O) groups is 1. The lowest BCUT2D eigenvalue weighted by Gasteiger charge is -2.21. The van der Waals surface area contributed by atoms with Crippen molar-refractivity contribution in [1.29, 1.82) is 0 Å². The Kier molecular flexibility index (Phi) is 7.53. The van der Waals surface area contributed by atoms with Crippen LogP contribution in [0.2, 0.25) is 0 Å². The molecule has 0 spiro atoms. The summed E-state index contributed by atoms with van der Waals surface area (Å²) < 4.78 is 2.14. The molecule has 0 aliphatic carbocycles. The van der Waals surface area contributed by atoms with Gasteiger partial charge in [0.25, 0.3) is 0 Å². The molecular weight excluding hydrogens is 410 g/mol. The molecule has 0 saturated carbocycles. The lowest BCUT2D eigenvalue weighted by atomic mass is 9.88. The molecule has 1 aliphatic heterocycles. The van der Waals surface area contributed by atoms with Gasteiger partial charge in [-0.05, 0) is 49.6 Å². The number of hydrogen-bond acceptors (Lipinski definition) is 4. The summed E-state index contributed by atoms with van der Waals surface area (Å²) >= 11 is 0. The smallest absolute Gasteiger partial charge is 0.219 e. The van der Waals surface area contributed by atoms with Gasteiger partial charge in [0.05, 0.1) is 11.9 Å². The van der Waals surface area contributed by atoms with Gasteiger partial charge in [-0.2, -0.15) is 0 Å². The summed E-state index contributed by atoms with van der Waals surface area (Å²) in [5.74, 6) is -0.0178. The average molecular weight is 442 g/mol. The van der Waals surface area contributed by atoms with Crippen molar-refractivity contribution < 1.29 is 9.90 Å². The molecule has 0 bridgehead atoms. The molecule has 0 radical (unpaired) electrons. The highest BCUT2D eigenvalue weighted by atomic mass is 16.3. The largest absolute Gasteiger partial charge is 0.504 e. The van der Waals surface area contributed by atoms with Gasteiger partial charge in [-0.3, -0.25) is 9.69 Å². The Hall–Kier alpha value is -3.44. The number of carbonyl (C=O) groups excluding carboxylic acids is 1. The van der Waals surface area contributed by atoms with Crippen molar-refractivity contribution in [1.82, 2.24) is 14.5 Å². The molecule has 4 rings (SSSR count). The van der Waals surface area contributed by atoms with Gasteiger partial charge in [-0.1, -0.05) is 67.2 Å². The second kappa shape index (κ2) is 10.9. The molecule has 0 atom stereocenters. The average Bonchev–Trinajstić information content (AvgIpc) is 3.51. The van der Waals surface area contributed by atoms with Gasteiger partial charge in [-0.25, -0.2) is 4.98 Å². The fourth-order valence-electron chi connectivity index (χ4n) is 4.55. The number of benzene rings is 2. The molecule has 1 aliphatic rings. The van der Waals surface area contributed by atoms with Crippen LogP contribution in [0.1, 0.15) is 47.8 Å². The normalized spacial score (nSPS) is 14.6. The highest BCUT2D eigenvalue weighted by Gasteiger charge is 2.19. The Balaban J connectivity index is 1.64. The number of aliphatic hydroxyl groups excluding tert-OH is 1. The summed E-state index contributed by atoms with van der Waals surface area (Å²) in [6, 6.07) is 21.1. The standard InChI is InChI=1S/C28H31N3O2/c1-2-26(32)27(33)19-28-29-20-24(21-30-16-9-10-17-30)31(28)18-15-25(22-11-5-3-6-12-22)23-13-7-4-8-14-23/h2-8,11-14,19-20,25,33H,1,9-10,15-18,21H2/b27-19-. The van der Waals surface area contributed by atoms with E-state index in [4.69, 9.17) is 0 Å². The zero-order valence-corrected chi connectivity index (χ0v) is 18.9. The van der Waals surface area contributed by atoms with E-state index in [2.05, 4.69) is 69.6 Å². The molecule has 1 N–H and O–H groups in total. The maximum absolute atomic E-state index is 11.9. The van der Waals surface area contributed by atoms with E-state index in [1.807, 2.05) is 18.3 Å². The minimum atomic E-state index is -0.503. The molecule has 2 heterocycles. The van der Waals surface area contributed by atoms with Crippen LogP contribution in [0, 0.1) is 0 Å². The number of aromatic nitrogens is 2. The van der Waals surface area contributed by atoms with Crippen LogP contribution < -0.4 is 0 Å². The number of likely N-dealkylation sites (tertiary alicyclic amines) is 1. The topological polar surface area (TPSA) is 58.4 Å². The van der Waals surface area contributed by atoms with Gasteiger partial charge >= 0.3 is 0 Å². The SMILES string of the molecule is C=CC(=O)/C(O)=C/c1ncc(CN2CCCC2)n1CCC(c1ccccc1)c1ccccc1. The van der Waals surface area contributed by atoms with E-state index in [9.17, 15) is 9.90 Å². The molecule has 0 unspecified atom stereocenters. The van der Waals surface area contributed by atoms with Gasteiger partial charge in [0, 0.05) is 25.1 Å². The van der Waals surface area contributed by atoms with Crippen molar-refractivity contribution in [3.63, 3.8) is 0 Å². The number of hydrogen-bond donors (Lipinski definition) is 1. The monoisotopic (exact) mass is 441 g/mol. The summed E-state index contributed by atoms with van der Waals surface area (Å²) in [5.41, 5.74) is 3.64. The second-order valence-electron chi connectivity index (χ2n) is 8.50. The van der Waals surface area contributed by atoms with Crippen LogP contribution in [-0.2, 0) is 17.9 Å². The first-order valence-electron chi connectivity index (χ1n) is 11.6. The summed E-state index contributed by atoms with van der Waals surface area (Å²) in [6.45, 7) is 7.18. The van der Waals surface area contributed by atoms with Gasteiger partial charge in [-0.15, -0.1) is 0 Å². The fraction of sp³-hybridized carbons (Fsp3) is 0.286. The minimum absolute atomic E-state index is 0.231. The molecule has 1 saturated heterocycles. The van der Waals surface area contributed by atoms with E-state index in [0.717, 1.165) is 44.4 Å². The highest BCUT2D eigenvalue weighted by molar-refractivity contribution is 6.04. The molecule has 1 aromatic heterocycles. The van der Waals surface area contributed by atoms with Crippen molar-refractivity contribution in [2.45, 2.75) is 38.3 Å². The summed E-state index contributed by atoms with van der Waals surface area (Å²) in [7, 11) is 0. The van der Waals surface area contributed by atoms with E-state index < -0.39 is 5.78 Å². The lowest BCUT2D eigenvalue weighted by Crippen LogP contribution is -2.21. The first kappa shape index (κ1) is 22.7. The third kappa shape index (κ3) is 5.68. The third-order valence-electron chi connectivity index (χ3n) is 6.30. The van der Waals surface area contributed by atoms with Gasteiger partial charge in [0.2, 0.25) is 5.78 Å². The zero-order chi connectivity index (χ0) is 23.0. The molecular formula is C28H31N3O2. The van der Waals surface area contributed by atoms with E-state index in [-0.39, 0.29) is 11.7 Å². The quantitative estimate of drug-likeness (QED) is 0.340. The molecule has 5 heteroatoms. The molecule has 3 aromatic rings. The lowest BCUT2D eigenvalue weighted by molar-refractivity contribution is -0.113. The molecule has 5 nitrogen and oxygen atoms in total. The van der Waals surface area contributed by atoms with Crippen LogP contribution in [0.5, 0.6) is 0 Å². The Morgan fingerprint density at radius 3 is 2.21 bits per heavy atom. The van der Waals surface area contributed by atoms with E-state index in [0.29, 0.717) is 5.82 Å². The second-order valence-corrected chi connectivity index (χ2v) is 8.50. The molecule has 0 amide bonds. The van der Waals surface area contributed by atoms with Gasteiger partial charge < -0.3 is 9.67 Å². The molecule has 170 valence electrons. The van der Waals surface area contributed by atoms with Crippen LogP contribution in [0.25, 0.3) is 6.08 Å². The number of aliphatic hydroxyl groups is 1. The Labute approximate surface area is 195 Å². The fourth-order valence-corrected chi connectivity index (χ4v) is 4.55. The van der Waals surface area contributed by atoms with Crippen LogP contribution in [0.15, 0.2) is 85.3 Å². The predicted octanol–water partition coefficient (Wildman–Crippen LogP) is 5.36. The van der Waals surface area contributed by atoms with Gasteiger partial charge in [0.15, 0.2) is 5.76 Å². The first-order valence-corrected chi connectivity index (χ1v) is 11.6. The number of ketones is 1. The molecule has 2 aromatic carbocycles. The summed E-state index contributed by atoms with van der Waals surface area (Å²) in [6.07, 6.45) is 7.76. The zero-order valence-electron chi connectivity index (χ0n) is 18.9. The van der Waals surface area contributed by atoms with Crippen molar-refractivity contribution in [3.05, 3.63) is 108 Å². The van der Waals surface area contributed by atoms with E-state index >= 15 is 0 Å². The highest BCUT2D eigenvalue weighted by Crippen LogP contribution is 2.29. The number of imidazole rings is 1. The van der Waals surface area contributed by atoms with Crippen molar-refractivity contribution in [2.24, 2.45) is 0 Å². The molecule has 33 heavy (non-hydrogen) atoms. The van der Waals surface area contributed by atoms with E-state index in [1.54, 1.807) is 0 Å². The summed E-state index contributed by atoms with van der Waals surface area (Å²) in [5, 5.41) is 10.2. The maximum Gasteiger partial charge on any atom is 0.219 e. The van der Waals surface area contributed by atoms with Crippen LogP contribution >= 0.6 is 0 Å². The van der Waals surface area contributed by atoms with Crippen molar-refractivity contribution in [3.8, 4) is 0 Å². The van der Waals surface area contributed by atoms with Crippen LogP contribution in [0.3, 0.4) is 0 Å². The minimum Gasteiger partial charge on any atom is -0.504 e. The number of nitrogens with zero attached hydrogens (tertiary/aromatic N) is 3. The summed E-state index contributed by atoms with van der Waals surface area (Å²) in [4.78, 5) is 18.9. The Bertz CT molecular complexity index is 1060.